The van der Waals surface area contributed by atoms with E-state index in [-0.39, 0.29) is 16.4 Å². The molecule has 7 heteroatoms. The third-order valence-corrected chi connectivity index (χ3v) is 5.36. The summed E-state index contributed by atoms with van der Waals surface area (Å²) in [6.07, 6.45) is 1.42. The summed E-state index contributed by atoms with van der Waals surface area (Å²) < 4.78 is 0. The van der Waals surface area contributed by atoms with Gasteiger partial charge in [0.2, 0.25) is 0 Å². The summed E-state index contributed by atoms with van der Waals surface area (Å²) in [4.78, 5) is 30.5. The number of benzene rings is 2. The highest BCUT2D eigenvalue weighted by atomic mass is 32.1. The number of hydrogen-bond acceptors (Lipinski definition) is 5. The van der Waals surface area contributed by atoms with Crippen molar-refractivity contribution in [2.75, 3.05) is 29.9 Å². The zero-order valence-electron chi connectivity index (χ0n) is 16.6. The highest BCUT2D eigenvalue weighted by Gasteiger charge is 2.38. The minimum absolute atomic E-state index is 0.00423. The number of phenolic OH excluding ortho intramolecular Hbond substituents is 1. The van der Waals surface area contributed by atoms with E-state index in [0.717, 1.165) is 18.8 Å². The minimum Gasteiger partial charge on any atom is -0.507 e. The average Bonchev–Trinajstić information content (AvgIpc) is 2.73. The molecule has 1 fully saturated rings. The van der Waals surface area contributed by atoms with Crippen LogP contribution in [0.1, 0.15) is 19.4 Å². The molecule has 1 aliphatic heterocycles. The van der Waals surface area contributed by atoms with E-state index in [9.17, 15) is 14.7 Å². The molecule has 0 radical (unpaired) electrons. The second-order valence-electron chi connectivity index (χ2n) is 6.60. The molecular formula is C22H23N3O3S. The molecule has 0 aliphatic carbocycles. The van der Waals surface area contributed by atoms with Crippen LogP contribution in [0.15, 0.2) is 54.1 Å². The number of nitrogens with zero attached hydrogens (tertiary/aromatic N) is 3. The second-order valence-corrected chi connectivity index (χ2v) is 6.96. The van der Waals surface area contributed by atoms with Gasteiger partial charge in [0.25, 0.3) is 11.8 Å². The summed E-state index contributed by atoms with van der Waals surface area (Å²) in [6, 6.07) is 14.1. The summed E-state index contributed by atoms with van der Waals surface area (Å²) in [6.45, 7) is 5.68. The van der Waals surface area contributed by atoms with Crippen molar-refractivity contribution < 1.29 is 14.7 Å². The zero-order chi connectivity index (χ0) is 21.1. The Balaban J connectivity index is 2.02. The van der Waals surface area contributed by atoms with Gasteiger partial charge in [0.1, 0.15) is 11.3 Å². The molecule has 1 heterocycles. The Morgan fingerprint density at radius 3 is 2.28 bits per heavy atom. The molecule has 0 aromatic heterocycles. The standard InChI is InChI=1S/C22H23N3O3S/c1-4-24(5-2)17-12-11-15(19(26)14-17)13-18-20(27)23(3)22(29)25(21(18)28)16-9-7-6-8-10-16/h6-14,26H,4-5H2,1-3H3/b18-13+. The first-order valence-electron chi connectivity index (χ1n) is 9.40. The van der Waals surface area contributed by atoms with E-state index >= 15 is 0 Å². The number of aromatic hydroxyl groups is 1. The monoisotopic (exact) mass is 409 g/mol. The summed E-state index contributed by atoms with van der Waals surface area (Å²) in [5, 5.41) is 10.6. The fourth-order valence-electron chi connectivity index (χ4n) is 3.24. The van der Waals surface area contributed by atoms with E-state index < -0.39 is 11.8 Å². The molecule has 1 N–H and O–H groups in total. The third kappa shape index (κ3) is 3.86. The van der Waals surface area contributed by atoms with Crippen molar-refractivity contribution in [3.8, 4) is 5.75 Å². The highest BCUT2D eigenvalue weighted by Crippen LogP contribution is 2.29. The Labute approximate surface area is 175 Å². The second kappa shape index (κ2) is 8.45. The Kier molecular flexibility index (Phi) is 5.98. The van der Waals surface area contributed by atoms with Crippen molar-refractivity contribution in [1.29, 1.82) is 0 Å². The van der Waals surface area contributed by atoms with E-state index in [1.807, 2.05) is 26.0 Å². The number of amides is 2. The summed E-state index contributed by atoms with van der Waals surface area (Å²) >= 11 is 5.33. The number of hydrogen-bond donors (Lipinski definition) is 1. The van der Waals surface area contributed by atoms with Crippen LogP contribution in [-0.4, -0.2) is 47.1 Å². The molecule has 0 atom stereocenters. The van der Waals surface area contributed by atoms with Crippen LogP contribution in [0.4, 0.5) is 11.4 Å². The van der Waals surface area contributed by atoms with Crippen molar-refractivity contribution >= 4 is 46.6 Å². The lowest BCUT2D eigenvalue weighted by atomic mass is 10.0. The molecule has 0 spiro atoms. The van der Waals surface area contributed by atoms with E-state index in [1.165, 1.54) is 22.9 Å². The van der Waals surface area contributed by atoms with Gasteiger partial charge in [-0.3, -0.25) is 19.4 Å². The average molecular weight is 410 g/mol. The maximum atomic E-state index is 13.1. The van der Waals surface area contributed by atoms with Gasteiger partial charge >= 0.3 is 0 Å². The summed E-state index contributed by atoms with van der Waals surface area (Å²) in [5.41, 5.74) is 1.79. The first-order chi connectivity index (χ1) is 13.9. The van der Waals surface area contributed by atoms with Gasteiger partial charge in [-0.15, -0.1) is 0 Å². The molecule has 1 aliphatic rings. The number of carbonyl (C=O) groups excluding carboxylic acids is 2. The Hall–Kier alpha value is -3.19. The number of phenols is 1. The maximum absolute atomic E-state index is 13.1. The molecule has 0 bridgehead atoms. The molecular weight excluding hydrogens is 386 g/mol. The highest BCUT2D eigenvalue weighted by molar-refractivity contribution is 7.80. The van der Waals surface area contributed by atoms with Crippen molar-refractivity contribution in [3.05, 3.63) is 59.7 Å². The van der Waals surface area contributed by atoms with Gasteiger partial charge in [-0.1, -0.05) is 18.2 Å². The Morgan fingerprint density at radius 1 is 1.03 bits per heavy atom. The van der Waals surface area contributed by atoms with Gasteiger partial charge in [0.05, 0.1) is 5.69 Å². The predicted molar refractivity (Wildman–Crippen MR) is 119 cm³/mol. The molecule has 1 saturated heterocycles. The first-order valence-corrected chi connectivity index (χ1v) is 9.81. The van der Waals surface area contributed by atoms with Crippen molar-refractivity contribution in [3.63, 3.8) is 0 Å². The van der Waals surface area contributed by atoms with Gasteiger partial charge in [-0.2, -0.15) is 0 Å². The number of rotatable bonds is 5. The van der Waals surface area contributed by atoms with Gasteiger partial charge in [-0.05, 0) is 56.4 Å². The topological polar surface area (TPSA) is 64.1 Å². The summed E-state index contributed by atoms with van der Waals surface area (Å²) in [7, 11) is 1.53. The van der Waals surface area contributed by atoms with Crippen molar-refractivity contribution in [2.45, 2.75) is 13.8 Å². The zero-order valence-corrected chi connectivity index (χ0v) is 17.4. The van der Waals surface area contributed by atoms with E-state index in [0.29, 0.717) is 11.3 Å². The normalized spacial score (nSPS) is 16.0. The van der Waals surface area contributed by atoms with Crippen LogP contribution in [0, 0.1) is 0 Å². The van der Waals surface area contributed by atoms with Crippen molar-refractivity contribution in [1.82, 2.24) is 4.90 Å². The molecule has 0 saturated carbocycles. The quantitative estimate of drug-likeness (QED) is 0.466. The van der Waals surface area contributed by atoms with Crippen LogP contribution in [0.2, 0.25) is 0 Å². The van der Waals surface area contributed by atoms with Gasteiger partial charge < -0.3 is 10.0 Å². The lowest BCUT2D eigenvalue weighted by molar-refractivity contribution is -0.127. The molecule has 0 unspecified atom stereocenters. The smallest absolute Gasteiger partial charge is 0.270 e. The number of carbonyl (C=O) groups is 2. The van der Waals surface area contributed by atoms with Gasteiger partial charge in [0, 0.05) is 37.5 Å². The van der Waals surface area contributed by atoms with Crippen LogP contribution in [0.3, 0.4) is 0 Å². The molecule has 3 rings (SSSR count). The van der Waals surface area contributed by atoms with E-state index in [4.69, 9.17) is 12.2 Å². The first kappa shape index (κ1) is 20.5. The number of para-hydroxylation sites is 1. The van der Waals surface area contributed by atoms with Gasteiger partial charge in [-0.25, -0.2) is 0 Å². The number of anilines is 2. The third-order valence-electron chi connectivity index (χ3n) is 4.90. The van der Waals surface area contributed by atoms with Crippen LogP contribution < -0.4 is 9.80 Å². The molecule has 2 aromatic carbocycles. The SMILES string of the molecule is CCN(CC)c1ccc(/C=C2\C(=O)N(C)C(=S)N(c3ccccc3)C2=O)c(O)c1. The van der Waals surface area contributed by atoms with Crippen LogP contribution in [0.25, 0.3) is 6.08 Å². The molecule has 150 valence electrons. The van der Waals surface area contributed by atoms with Crippen LogP contribution in [-0.2, 0) is 9.59 Å². The molecule has 6 nitrogen and oxygen atoms in total. The number of thiocarbonyl (C=S) groups is 1. The van der Waals surface area contributed by atoms with Crippen molar-refractivity contribution in [2.24, 2.45) is 0 Å². The lowest BCUT2D eigenvalue weighted by Crippen LogP contribution is -2.54. The lowest BCUT2D eigenvalue weighted by Gasteiger charge is -2.34. The van der Waals surface area contributed by atoms with Crippen LogP contribution >= 0.6 is 12.2 Å². The van der Waals surface area contributed by atoms with E-state index in [2.05, 4.69) is 4.90 Å². The van der Waals surface area contributed by atoms with Gasteiger partial charge in [0.15, 0.2) is 5.11 Å². The number of likely N-dealkylation sites (N-methyl/N-ethyl adjacent to an activating group) is 1. The molecule has 29 heavy (non-hydrogen) atoms. The fraction of sp³-hybridized carbons (Fsp3) is 0.227. The fourth-order valence-corrected chi connectivity index (χ4v) is 3.51. The summed E-state index contributed by atoms with van der Waals surface area (Å²) in [5.74, 6) is -1.01. The van der Waals surface area contributed by atoms with Crippen LogP contribution in [0.5, 0.6) is 5.75 Å². The Bertz CT molecular complexity index is 984. The predicted octanol–water partition coefficient (Wildman–Crippen LogP) is 3.41. The van der Waals surface area contributed by atoms with E-state index in [1.54, 1.807) is 36.4 Å². The molecule has 2 aromatic rings. The largest absolute Gasteiger partial charge is 0.507 e. The minimum atomic E-state index is -0.517. The molecule has 2 amide bonds. The maximum Gasteiger partial charge on any atom is 0.270 e. The Morgan fingerprint density at radius 2 is 1.69 bits per heavy atom.